The van der Waals surface area contributed by atoms with Crippen LogP contribution in [0, 0.1) is 0 Å². The molecule has 110 valence electrons. The van der Waals surface area contributed by atoms with Crippen LogP contribution in [-0.2, 0) is 0 Å². The third-order valence-corrected chi connectivity index (χ3v) is 5.02. The Kier molecular flexibility index (Phi) is 4.32. The largest absolute Gasteiger partial charge is 0.313 e. The molecular formula is C19H22ClN. The van der Waals surface area contributed by atoms with Crippen molar-refractivity contribution >= 4 is 11.6 Å². The van der Waals surface area contributed by atoms with Crippen molar-refractivity contribution in [2.45, 2.75) is 38.1 Å². The van der Waals surface area contributed by atoms with Gasteiger partial charge in [0.1, 0.15) is 0 Å². The normalized spacial score (nSPS) is 16.5. The summed E-state index contributed by atoms with van der Waals surface area (Å²) in [6.07, 6.45) is 4.04. The molecule has 0 radical (unpaired) electrons. The van der Waals surface area contributed by atoms with Crippen molar-refractivity contribution in [1.29, 1.82) is 0 Å². The zero-order chi connectivity index (χ0) is 14.8. The molecule has 1 saturated carbocycles. The average molecular weight is 300 g/mol. The molecule has 0 aliphatic heterocycles. The van der Waals surface area contributed by atoms with Gasteiger partial charge < -0.3 is 5.32 Å². The van der Waals surface area contributed by atoms with E-state index in [9.17, 15) is 0 Å². The molecule has 0 aromatic heterocycles. The Hall–Kier alpha value is -1.31. The fraction of sp³-hybridized carbons (Fsp3) is 0.368. The van der Waals surface area contributed by atoms with Crippen LogP contribution in [0.1, 0.15) is 49.3 Å². The lowest BCUT2D eigenvalue weighted by molar-refractivity contribution is 0.420. The van der Waals surface area contributed by atoms with Crippen molar-refractivity contribution in [1.82, 2.24) is 5.32 Å². The molecule has 1 fully saturated rings. The molecule has 0 heterocycles. The SMILES string of the molecule is CNC(C)c1ccc(-c2cccc(C3CCC3)c2)cc1Cl. The number of rotatable bonds is 4. The number of halogens is 1. The maximum absolute atomic E-state index is 6.45. The van der Waals surface area contributed by atoms with Crippen LogP contribution in [0.5, 0.6) is 0 Å². The van der Waals surface area contributed by atoms with E-state index < -0.39 is 0 Å². The molecule has 2 aromatic rings. The first-order valence-corrected chi connectivity index (χ1v) is 8.14. The van der Waals surface area contributed by atoms with Gasteiger partial charge in [-0.05, 0) is 61.1 Å². The first-order valence-electron chi connectivity index (χ1n) is 7.76. The van der Waals surface area contributed by atoms with Crippen molar-refractivity contribution in [3.63, 3.8) is 0 Å². The van der Waals surface area contributed by atoms with Crippen LogP contribution >= 0.6 is 11.6 Å². The molecular weight excluding hydrogens is 278 g/mol. The maximum Gasteiger partial charge on any atom is 0.0459 e. The van der Waals surface area contributed by atoms with Crippen molar-refractivity contribution in [2.24, 2.45) is 0 Å². The second kappa shape index (κ2) is 6.21. The Bertz CT molecular complexity index is 631. The van der Waals surface area contributed by atoms with E-state index >= 15 is 0 Å². The monoisotopic (exact) mass is 299 g/mol. The van der Waals surface area contributed by atoms with Crippen molar-refractivity contribution < 1.29 is 0 Å². The number of hydrogen-bond donors (Lipinski definition) is 1. The fourth-order valence-corrected chi connectivity index (χ4v) is 3.27. The maximum atomic E-state index is 6.45. The van der Waals surface area contributed by atoms with Gasteiger partial charge in [-0.25, -0.2) is 0 Å². The summed E-state index contributed by atoms with van der Waals surface area (Å²) in [6, 6.07) is 15.6. The Labute approximate surface area is 132 Å². The summed E-state index contributed by atoms with van der Waals surface area (Å²) in [5.41, 5.74) is 5.10. The van der Waals surface area contributed by atoms with Gasteiger partial charge in [0.15, 0.2) is 0 Å². The predicted octanol–water partition coefficient (Wildman–Crippen LogP) is 5.55. The Morgan fingerprint density at radius 3 is 2.48 bits per heavy atom. The Morgan fingerprint density at radius 2 is 1.86 bits per heavy atom. The van der Waals surface area contributed by atoms with Gasteiger partial charge in [0, 0.05) is 11.1 Å². The molecule has 1 N–H and O–H groups in total. The molecule has 1 aliphatic rings. The van der Waals surface area contributed by atoms with Crippen LogP contribution < -0.4 is 5.32 Å². The first-order chi connectivity index (χ1) is 10.2. The van der Waals surface area contributed by atoms with Crippen LogP contribution in [0.3, 0.4) is 0 Å². The van der Waals surface area contributed by atoms with Crippen LogP contribution in [0.4, 0.5) is 0 Å². The second-order valence-electron chi connectivity index (χ2n) is 6.00. The molecule has 1 atom stereocenters. The quantitative estimate of drug-likeness (QED) is 0.780. The zero-order valence-corrected chi connectivity index (χ0v) is 13.5. The van der Waals surface area contributed by atoms with Gasteiger partial charge in [-0.1, -0.05) is 54.4 Å². The summed E-state index contributed by atoms with van der Waals surface area (Å²) in [5, 5.41) is 4.07. The first kappa shape index (κ1) is 14.6. The Balaban J connectivity index is 1.91. The zero-order valence-electron chi connectivity index (χ0n) is 12.7. The molecule has 0 spiro atoms. The standard InChI is InChI=1S/C19H22ClN/c1-13(21-2)18-10-9-17(12-19(18)20)16-8-4-7-15(11-16)14-5-3-6-14/h4,7-14,21H,3,5-6H2,1-2H3. The van der Waals surface area contributed by atoms with Crippen LogP contribution in [-0.4, -0.2) is 7.05 Å². The highest BCUT2D eigenvalue weighted by Crippen LogP contribution is 2.38. The predicted molar refractivity (Wildman–Crippen MR) is 91.0 cm³/mol. The molecule has 21 heavy (non-hydrogen) atoms. The molecule has 2 heteroatoms. The molecule has 0 saturated heterocycles. The molecule has 1 nitrogen and oxygen atoms in total. The van der Waals surface area contributed by atoms with Gasteiger partial charge in [-0.15, -0.1) is 0 Å². The van der Waals surface area contributed by atoms with E-state index in [0.29, 0.717) is 0 Å². The highest BCUT2D eigenvalue weighted by Gasteiger charge is 2.19. The van der Waals surface area contributed by atoms with Crippen LogP contribution in [0.25, 0.3) is 11.1 Å². The molecule has 0 bridgehead atoms. The molecule has 3 rings (SSSR count). The second-order valence-corrected chi connectivity index (χ2v) is 6.41. The van der Waals surface area contributed by atoms with E-state index in [-0.39, 0.29) is 6.04 Å². The van der Waals surface area contributed by atoms with Gasteiger partial charge in [-0.3, -0.25) is 0 Å². The molecule has 2 aromatic carbocycles. The lowest BCUT2D eigenvalue weighted by Crippen LogP contribution is -2.12. The van der Waals surface area contributed by atoms with Crippen molar-refractivity contribution in [3.05, 3.63) is 58.6 Å². The minimum atomic E-state index is 0.271. The van der Waals surface area contributed by atoms with E-state index in [4.69, 9.17) is 11.6 Å². The third-order valence-electron chi connectivity index (χ3n) is 4.70. The molecule has 1 aliphatic carbocycles. The van der Waals surface area contributed by atoms with E-state index in [1.165, 1.54) is 36.0 Å². The van der Waals surface area contributed by atoms with Crippen LogP contribution in [0.15, 0.2) is 42.5 Å². The van der Waals surface area contributed by atoms with Crippen molar-refractivity contribution in [3.8, 4) is 11.1 Å². The van der Waals surface area contributed by atoms with E-state index in [1.807, 2.05) is 7.05 Å². The van der Waals surface area contributed by atoms with E-state index in [2.05, 4.69) is 54.7 Å². The summed E-state index contributed by atoms with van der Waals surface area (Å²) >= 11 is 6.45. The molecule has 0 amide bonds. The van der Waals surface area contributed by atoms with Gasteiger partial charge in [-0.2, -0.15) is 0 Å². The Morgan fingerprint density at radius 1 is 1.10 bits per heavy atom. The number of hydrogen-bond acceptors (Lipinski definition) is 1. The van der Waals surface area contributed by atoms with Gasteiger partial charge in [0.2, 0.25) is 0 Å². The average Bonchev–Trinajstić information content (AvgIpc) is 2.45. The third kappa shape index (κ3) is 3.00. The highest BCUT2D eigenvalue weighted by molar-refractivity contribution is 6.31. The highest BCUT2D eigenvalue weighted by atomic mass is 35.5. The smallest absolute Gasteiger partial charge is 0.0459 e. The summed E-state index contributed by atoms with van der Waals surface area (Å²) in [4.78, 5) is 0. The van der Waals surface area contributed by atoms with E-state index in [0.717, 1.165) is 16.5 Å². The number of nitrogens with one attached hydrogen (secondary N) is 1. The minimum absolute atomic E-state index is 0.271. The summed E-state index contributed by atoms with van der Waals surface area (Å²) in [7, 11) is 1.96. The van der Waals surface area contributed by atoms with Crippen LogP contribution in [0.2, 0.25) is 5.02 Å². The number of benzene rings is 2. The van der Waals surface area contributed by atoms with Crippen molar-refractivity contribution in [2.75, 3.05) is 7.05 Å². The lowest BCUT2D eigenvalue weighted by Gasteiger charge is -2.26. The molecule has 1 unspecified atom stereocenters. The fourth-order valence-electron chi connectivity index (χ4n) is 2.93. The summed E-state index contributed by atoms with van der Waals surface area (Å²) < 4.78 is 0. The van der Waals surface area contributed by atoms with Gasteiger partial charge in [0.25, 0.3) is 0 Å². The summed E-state index contributed by atoms with van der Waals surface area (Å²) in [5.74, 6) is 0.768. The van der Waals surface area contributed by atoms with E-state index in [1.54, 1.807) is 0 Å². The van der Waals surface area contributed by atoms with Gasteiger partial charge in [0.05, 0.1) is 0 Å². The van der Waals surface area contributed by atoms with Gasteiger partial charge >= 0.3 is 0 Å². The summed E-state index contributed by atoms with van der Waals surface area (Å²) in [6.45, 7) is 2.12. The topological polar surface area (TPSA) is 12.0 Å². The lowest BCUT2D eigenvalue weighted by atomic mass is 9.79. The minimum Gasteiger partial charge on any atom is -0.313 e.